The van der Waals surface area contributed by atoms with Crippen molar-refractivity contribution in [2.45, 2.75) is 38.9 Å². The van der Waals surface area contributed by atoms with E-state index in [2.05, 4.69) is 5.92 Å². The van der Waals surface area contributed by atoms with E-state index in [1.165, 1.54) is 7.11 Å². The van der Waals surface area contributed by atoms with E-state index in [4.69, 9.17) is 25.4 Å². The molecular formula is C20H25NO6. The highest BCUT2D eigenvalue weighted by Gasteiger charge is 2.32. The zero-order valence-corrected chi connectivity index (χ0v) is 16.1. The predicted octanol–water partition coefficient (Wildman–Crippen LogP) is 2.91. The van der Waals surface area contributed by atoms with Gasteiger partial charge in [0.2, 0.25) is 5.75 Å². The Bertz CT molecular complexity index is 731. The van der Waals surface area contributed by atoms with Gasteiger partial charge >= 0.3 is 6.09 Å². The Hall–Kier alpha value is -2.88. The largest absolute Gasteiger partial charge is 0.490 e. The van der Waals surface area contributed by atoms with Crippen molar-refractivity contribution >= 4 is 12.4 Å². The number of amides is 1. The fourth-order valence-electron chi connectivity index (χ4n) is 2.68. The molecule has 1 saturated heterocycles. The monoisotopic (exact) mass is 375 g/mol. The number of terminal acetylenes is 1. The lowest BCUT2D eigenvalue weighted by Crippen LogP contribution is -2.36. The van der Waals surface area contributed by atoms with E-state index < -0.39 is 5.60 Å². The van der Waals surface area contributed by atoms with Gasteiger partial charge < -0.3 is 23.8 Å². The molecule has 1 amide bonds. The molecule has 1 aliphatic heterocycles. The number of carbonyl (C=O) groups is 2. The standard InChI is InChI=1S/C20H25NO6/c1-6-11-25-16-8-7-14(13-22)17(18(16)24-5)26-15-9-10-21(12-15)19(23)27-20(2,3)4/h1,7-8,13,15H,9-12H2,2-5H3/t15-/m0/s1. The number of aldehydes is 1. The summed E-state index contributed by atoms with van der Waals surface area (Å²) in [7, 11) is 1.46. The Labute approximate surface area is 159 Å². The average molecular weight is 375 g/mol. The maximum Gasteiger partial charge on any atom is 0.410 e. The molecule has 0 unspecified atom stereocenters. The summed E-state index contributed by atoms with van der Waals surface area (Å²) < 4.78 is 22.2. The summed E-state index contributed by atoms with van der Waals surface area (Å²) >= 11 is 0. The topological polar surface area (TPSA) is 74.3 Å². The third kappa shape index (κ3) is 5.30. The first kappa shape index (κ1) is 20.4. The van der Waals surface area contributed by atoms with Crippen LogP contribution in [-0.2, 0) is 4.74 Å². The Morgan fingerprint density at radius 1 is 1.37 bits per heavy atom. The van der Waals surface area contributed by atoms with Crippen molar-refractivity contribution in [3.63, 3.8) is 0 Å². The lowest BCUT2D eigenvalue weighted by molar-refractivity contribution is 0.0275. The summed E-state index contributed by atoms with van der Waals surface area (Å²) in [4.78, 5) is 25.2. The molecule has 1 aromatic rings. The maximum absolute atomic E-state index is 12.2. The third-order valence-electron chi connectivity index (χ3n) is 3.83. The van der Waals surface area contributed by atoms with Gasteiger partial charge in [0, 0.05) is 13.0 Å². The van der Waals surface area contributed by atoms with E-state index in [0.717, 1.165) is 0 Å². The summed E-state index contributed by atoms with van der Waals surface area (Å²) in [5.41, 5.74) is -0.234. The van der Waals surface area contributed by atoms with Crippen LogP contribution in [-0.4, -0.2) is 55.8 Å². The normalized spacial score (nSPS) is 16.4. The van der Waals surface area contributed by atoms with Crippen LogP contribution in [0.5, 0.6) is 17.2 Å². The number of benzene rings is 1. The highest BCUT2D eigenvalue weighted by atomic mass is 16.6. The van der Waals surface area contributed by atoms with Gasteiger partial charge in [-0.15, -0.1) is 6.42 Å². The molecule has 146 valence electrons. The van der Waals surface area contributed by atoms with E-state index in [0.29, 0.717) is 42.9 Å². The Balaban J connectivity index is 2.16. The van der Waals surface area contributed by atoms with Crippen LogP contribution in [0, 0.1) is 12.3 Å². The fourth-order valence-corrected chi connectivity index (χ4v) is 2.68. The fraction of sp³-hybridized carbons (Fsp3) is 0.500. The number of methoxy groups -OCH3 is 1. The van der Waals surface area contributed by atoms with Gasteiger partial charge in [-0.2, -0.15) is 0 Å². The van der Waals surface area contributed by atoms with Crippen LogP contribution >= 0.6 is 0 Å². The van der Waals surface area contributed by atoms with Gasteiger partial charge in [-0.05, 0) is 32.9 Å². The van der Waals surface area contributed by atoms with Gasteiger partial charge in [-0.3, -0.25) is 4.79 Å². The van der Waals surface area contributed by atoms with Gasteiger partial charge in [-0.1, -0.05) is 5.92 Å². The third-order valence-corrected chi connectivity index (χ3v) is 3.83. The average Bonchev–Trinajstić information content (AvgIpc) is 3.07. The number of rotatable bonds is 6. The van der Waals surface area contributed by atoms with E-state index >= 15 is 0 Å². The van der Waals surface area contributed by atoms with Crippen LogP contribution in [0.2, 0.25) is 0 Å². The van der Waals surface area contributed by atoms with Crippen molar-refractivity contribution in [1.29, 1.82) is 0 Å². The molecular weight excluding hydrogens is 350 g/mol. The number of nitrogens with zero attached hydrogens (tertiary/aromatic N) is 1. The Morgan fingerprint density at radius 3 is 2.70 bits per heavy atom. The van der Waals surface area contributed by atoms with Crippen molar-refractivity contribution < 1.29 is 28.5 Å². The van der Waals surface area contributed by atoms with Gasteiger partial charge in [0.1, 0.15) is 18.3 Å². The van der Waals surface area contributed by atoms with Crippen LogP contribution in [0.25, 0.3) is 0 Å². The number of hydrogen-bond donors (Lipinski definition) is 0. The molecule has 2 rings (SSSR count). The van der Waals surface area contributed by atoms with E-state index in [-0.39, 0.29) is 24.6 Å². The van der Waals surface area contributed by atoms with Crippen molar-refractivity contribution in [1.82, 2.24) is 4.90 Å². The summed E-state index contributed by atoms with van der Waals surface area (Å²) in [5.74, 6) is 3.34. The molecule has 1 aliphatic rings. The van der Waals surface area contributed by atoms with Crippen LogP contribution < -0.4 is 14.2 Å². The van der Waals surface area contributed by atoms with Gasteiger partial charge in [0.25, 0.3) is 0 Å². The molecule has 0 N–H and O–H groups in total. The van der Waals surface area contributed by atoms with Crippen molar-refractivity contribution in [2.75, 3.05) is 26.8 Å². The van der Waals surface area contributed by atoms with E-state index in [1.54, 1.807) is 17.0 Å². The molecule has 0 saturated carbocycles. The molecule has 1 aromatic carbocycles. The quantitative estimate of drug-likeness (QED) is 0.562. The second kappa shape index (κ2) is 8.67. The molecule has 0 aromatic heterocycles. The van der Waals surface area contributed by atoms with Crippen molar-refractivity contribution in [3.05, 3.63) is 17.7 Å². The Kier molecular flexibility index (Phi) is 6.56. The predicted molar refractivity (Wildman–Crippen MR) is 99.5 cm³/mol. The molecule has 7 nitrogen and oxygen atoms in total. The molecule has 0 bridgehead atoms. The van der Waals surface area contributed by atoms with Gasteiger partial charge in [-0.25, -0.2) is 4.79 Å². The number of likely N-dealkylation sites (tertiary alicyclic amines) is 1. The van der Waals surface area contributed by atoms with Crippen LogP contribution in [0.3, 0.4) is 0 Å². The molecule has 1 heterocycles. The maximum atomic E-state index is 12.2. The van der Waals surface area contributed by atoms with Crippen LogP contribution in [0.4, 0.5) is 4.79 Å². The molecule has 1 atom stereocenters. The first-order valence-electron chi connectivity index (χ1n) is 8.66. The summed E-state index contributed by atoms with van der Waals surface area (Å²) in [5, 5.41) is 0. The smallest absolute Gasteiger partial charge is 0.410 e. The molecule has 27 heavy (non-hydrogen) atoms. The van der Waals surface area contributed by atoms with Crippen LogP contribution in [0.1, 0.15) is 37.6 Å². The molecule has 0 aliphatic carbocycles. The molecule has 1 fully saturated rings. The molecule has 7 heteroatoms. The summed E-state index contributed by atoms with van der Waals surface area (Å²) in [6.07, 6.45) is 5.84. The van der Waals surface area contributed by atoms with E-state index in [1.807, 2.05) is 20.8 Å². The SMILES string of the molecule is C#CCOc1ccc(C=O)c(O[C@H]2CCN(C(=O)OC(C)(C)C)C2)c1OC. The minimum Gasteiger partial charge on any atom is -0.490 e. The minimum atomic E-state index is -0.563. The number of hydrogen-bond acceptors (Lipinski definition) is 6. The number of carbonyl (C=O) groups excluding carboxylic acids is 2. The second-order valence-electron chi connectivity index (χ2n) is 7.08. The zero-order valence-electron chi connectivity index (χ0n) is 16.1. The number of ether oxygens (including phenoxy) is 4. The highest BCUT2D eigenvalue weighted by Crippen LogP contribution is 2.40. The first-order chi connectivity index (χ1) is 12.8. The highest BCUT2D eigenvalue weighted by molar-refractivity contribution is 5.82. The van der Waals surface area contributed by atoms with Gasteiger partial charge in [0.05, 0.1) is 19.2 Å². The Morgan fingerprint density at radius 2 is 2.11 bits per heavy atom. The minimum absolute atomic E-state index is 0.0616. The molecule has 0 spiro atoms. The second-order valence-corrected chi connectivity index (χ2v) is 7.08. The summed E-state index contributed by atoms with van der Waals surface area (Å²) in [6.45, 7) is 6.37. The lowest BCUT2D eigenvalue weighted by Gasteiger charge is -2.24. The lowest BCUT2D eigenvalue weighted by atomic mass is 10.2. The van der Waals surface area contributed by atoms with Crippen molar-refractivity contribution in [2.24, 2.45) is 0 Å². The zero-order chi connectivity index (χ0) is 20.0. The summed E-state index contributed by atoms with van der Waals surface area (Å²) in [6, 6.07) is 3.19. The molecule has 0 radical (unpaired) electrons. The van der Waals surface area contributed by atoms with Gasteiger partial charge in [0.15, 0.2) is 17.8 Å². The van der Waals surface area contributed by atoms with E-state index in [9.17, 15) is 9.59 Å². The van der Waals surface area contributed by atoms with Crippen molar-refractivity contribution in [3.8, 4) is 29.6 Å². The first-order valence-corrected chi connectivity index (χ1v) is 8.66. The van der Waals surface area contributed by atoms with Crippen LogP contribution in [0.15, 0.2) is 12.1 Å².